The number of carbonyl (C=O) groups excluding carboxylic acids is 2. The molecule has 2 unspecified atom stereocenters. The molecule has 1 saturated carbocycles. The number of fused-ring (bicyclic) bond motifs is 1. The van der Waals surface area contributed by atoms with Crippen LogP contribution in [0.3, 0.4) is 0 Å². The minimum Gasteiger partial charge on any atom is -0.497 e. The molecule has 1 aliphatic carbocycles. The van der Waals surface area contributed by atoms with Gasteiger partial charge in [0.25, 0.3) is 0 Å². The second-order valence-corrected chi connectivity index (χ2v) is 9.39. The lowest BCUT2D eigenvalue weighted by Crippen LogP contribution is -2.62. The molecule has 2 aromatic carbocycles. The van der Waals surface area contributed by atoms with E-state index in [-0.39, 0.29) is 30.4 Å². The van der Waals surface area contributed by atoms with E-state index in [2.05, 4.69) is 10.1 Å². The van der Waals surface area contributed by atoms with Crippen LogP contribution in [0.5, 0.6) is 11.5 Å². The predicted molar refractivity (Wildman–Crippen MR) is 133 cm³/mol. The van der Waals surface area contributed by atoms with Gasteiger partial charge in [0.05, 0.1) is 31.4 Å². The van der Waals surface area contributed by atoms with Gasteiger partial charge in [-0.05, 0) is 62.1 Å². The summed E-state index contributed by atoms with van der Waals surface area (Å²) in [5.74, 6) is 1.49. The lowest BCUT2D eigenvalue weighted by Gasteiger charge is -2.46. The van der Waals surface area contributed by atoms with Crippen LogP contribution >= 0.6 is 0 Å². The van der Waals surface area contributed by atoms with E-state index in [1.807, 2.05) is 32.0 Å². The van der Waals surface area contributed by atoms with Gasteiger partial charge in [0.15, 0.2) is 0 Å². The standard InChI is InChI=1S/C27H30N4O5/c1-16-9-10-18(13-17(16)2)31-26(32)20-7-5-6-8-22(20)30(27(31)33)15-24-28-25(29-36-24)21-12-11-19(34-3)14-23(21)35-4/h9-14,20,22H,5-8,15H2,1-4H3. The largest absolute Gasteiger partial charge is 0.497 e. The van der Waals surface area contributed by atoms with Crippen molar-refractivity contribution in [3.05, 3.63) is 53.4 Å². The SMILES string of the molecule is COc1ccc(-c2noc(CN3C(=O)N(c4ccc(C)c(C)c4)C(=O)C4CCCCC43)n2)c(OC)c1. The fraction of sp³-hybridized carbons (Fsp3) is 0.407. The van der Waals surface area contributed by atoms with Crippen molar-refractivity contribution in [1.82, 2.24) is 15.0 Å². The number of hydrogen-bond acceptors (Lipinski definition) is 7. The van der Waals surface area contributed by atoms with Crippen LogP contribution in [0, 0.1) is 19.8 Å². The summed E-state index contributed by atoms with van der Waals surface area (Å²) in [5, 5.41) is 4.13. The van der Waals surface area contributed by atoms with Gasteiger partial charge >= 0.3 is 6.03 Å². The first kappa shape index (κ1) is 23.8. The van der Waals surface area contributed by atoms with E-state index in [4.69, 9.17) is 14.0 Å². The third-order valence-corrected chi connectivity index (χ3v) is 7.28. The van der Waals surface area contributed by atoms with Crippen molar-refractivity contribution in [3.8, 4) is 22.9 Å². The van der Waals surface area contributed by atoms with Crippen LogP contribution in [-0.2, 0) is 11.3 Å². The Balaban J connectivity index is 1.46. The highest BCUT2D eigenvalue weighted by Crippen LogP contribution is 2.38. The number of nitrogens with zero attached hydrogens (tertiary/aromatic N) is 4. The maximum atomic E-state index is 13.7. The molecule has 0 radical (unpaired) electrons. The van der Waals surface area contributed by atoms with Crippen LogP contribution in [-0.4, -0.2) is 47.2 Å². The summed E-state index contributed by atoms with van der Waals surface area (Å²) in [6.07, 6.45) is 3.47. The van der Waals surface area contributed by atoms with Crippen LogP contribution in [0.4, 0.5) is 10.5 Å². The maximum absolute atomic E-state index is 13.7. The summed E-state index contributed by atoms with van der Waals surface area (Å²) >= 11 is 0. The molecule has 2 atom stereocenters. The summed E-state index contributed by atoms with van der Waals surface area (Å²) in [6.45, 7) is 4.11. The van der Waals surface area contributed by atoms with Crippen molar-refractivity contribution >= 4 is 17.6 Å². The number of imide groups is 1. The zero-order valence-corrected chi connectivity index (χ0v) is 21.0. The molecule has 1 aromatic heterocycles. The first-order valence-electron chi connectivity index (χ1n) is 12.2. The molecule has 9 nitrogen and oxygen atoms in total. The molecule has 5 rings (SSSR count). The average molecular weight is 491 g/mol. The molecule has 2 aliphatic rings. The normalized spacial score (nSPS) is 19.9. The van der Waals surface area contributed by atoms with Crippen molar-refractivity contribution in [1.29, 1.82) is 0 Å². The van der Waals surface area contributed by atoms with Gasteiger partial charge in [-0.15, -0.1) is 0 Å². The molecule has 36 heavy (non-hydrogen) atoms. The molecule has 0 spiro atoms. The molecule has 9 heteroatoms. The Labute approximate surface area is 210 Å². The Morgan fingerprint density at radius 3 is 2.56 bits per heavy atom. The van der Waals surface area contributed by atoms with Gasteiger partial charge in [-0.25, -0.2) is 9.69 Å². The van der Waals surface area contributed by atoms with Gasteiger partial charge < -0.3 is 18.9 Å². The molecule has 0 bridgehead atoms. The van der Waals surface area contributed by atoms with Gasteiger partial charge in [-0.3, -0.25) is 4.79 Å². The number of rotatable bonds is 6. The molecular weight excluding hydrogens is 460 g/mol. The van der Waals surface area contributed by atoms with E-state index in [9.17, 15) is 9.59 Å². The van der Waals surface area contributed by atoms with Crippen LogP contribution in [0.1, 0.15) is 42.7 Å². The number of anilines is 1. The number of hydrogen-bond donors (Lipinski definition) is 0. The van der Waals surface area contributed by atoms with Gasteiger partial charge in [0, 0.05) is 12.1 Å². The summed E-state index contributed by atoms with van der Waals surface area (Å²) in [7, 11) is 3.15. The smallest absolute Gasteiger partial charge is 0.332 e. The maximum Gasteiger partial charge on any atom is 0.332 e. The van der Waals surface area contributed by atoms with Crippen LogP contribution in [0.15, 0.2) is 40.9 Å². The summed E-state index contributed by atoms with van der Waals surface area (Å²) < 4.78 is 16.3. The highest BCUT2D eigenvalue weighted by molar-refractivity contribution is 6.17. The van der Waals surface area contributed by atoms with Crippen molar-refractivity contribution < 1.29 is 23.6 Å². The van der Waals surface area contributed by atoms with Gasteiger partial charge in [0.2, 0.25) is 17.6 Å². The van der Waals surface area contributed by atoms with Crippen LogP contribution < -0.4 is 14.4 Å². The molecule has 0 N–H and O–H groups in total. The number of aromatic nitrogens is 2. The number of amides is 3. The summed E-state index contributed by atoms with van der Waals surface area (Å²) in [5.41, 5.74) is 3.38. The third-order valence-electron chi connectivity index (χ3n) is 7.28. The van der Waals surface area contributed by atoms with Crippen molar-refractivity contribution in [3.63, 3.8) is 0 Å². The summed E-state index contributed by atoms with van der Waals surface area (Å²) in [4.78, 5) is 34.8. The predicted octanol–water partition coefficient (Wildman–Crippen LogP) is 4.90. The fourth-order valence-corrected chi connectivity index (χ4v) is 5.15. The van der Waals surface area contributed by atoms with Crippen LogP contribution in [0.2, 0.25) is 0 Å². The van der Waals surface area contributed by atoms with E-state index < -0.39 is 0 Å². The number of ether oxygens (including phenoxy) is 2. The summed E-state index contributed by atoms with van der Waals surface area (Å²) in [6, 6.07) is 10.5. The lowest BCUT2D eigenvalue weighted by molar-refractivity contribution is -0.127. The highest BCUT2D eigenvalue weighted by atomic mass is 16.5. The minimum atomic E-state index is -0.354. The quantitative estimate of drug-likeness (QED) is 0.485. The molecule has 1 aliphatic heterocycles. The fourth-order valence-electron chi connectivity index (χ4n) is 5.15. The Bertz CT molecular complexity index is 1300. The lowest BCUT2D eigenvalue weighted by atomic mass is 9.81. The van der Waals surface area contributed by atoms with Crippen LogP contribution in [0.25, 0.3) is 11.4 Å². The van der Waals surface area contributed by atoms with Gasteiger partial charge in [0.1, 0.15) is 18.0 Å². The van der Waals surface area contributed by atoms with E-state index in [1.54, 1.807) is 37.3 Å². The number of carbonyl (C=O) groups is 2. The second kappa shape index (κ2) is 9.64. The monoisotopic (exact) mass is 490 g/mol. The number of benzene rings is 2. The second-order valence-electron chi connectivity index (χ2n) is 9.39. The molecule has 2 heterocycles. The van der Waals surface area contributed by atoms with Gasteiger partial charge in [-0.2, -0.15) is 4.98 Å². The Kier molecular flexibility index (Phi) is 6.38. The first-order chi connectivity index (χ1) is 17.4. The Morgan fingerprint density at radius 1 is 1.00 bits per heavy atom. The molecule has 1 saturated heterocycles. The highest BCUT2D eigenvalue weighted by Gasteiger charge is 2.48. The van der Waals surface area contributed by atoms with E-state index in [1.165, 1.54) is 4.90 Å². The van der Waals surface area contributed by atoms with Gasteiger partial charge in [-0.1, -0.05) is 24.1 Å². The number of methoxy groups -OCH3 is 2. The first-order valence-corrected chi connectivity index (χ1v) is 12.2. The Hall–Kier alpha value is -3.88. The van der Waals surface area contributed by atoms with E-state index in [0.717, 1.165) is 36.8 Å². The topological polar surface area (TPSA) is 98.0 Å². The molecule has 2 fully saturated rings. The number of urea groups is 1. The van der Waals surface area contributed by atoms with E-state index in [0.29, 0.717) is 34.5 Å². The van der Waals surface area contributed by atoms with Crippen molar-refractivity contribution in [2.75, 3.05) is 19.1 Å². The average Bonchev–Trinajstić information content (AvgIpc) is 3.36. The number of aryl methyl sites for hydroxylation is 2. The zero-order valence-electron chi connectivity index (χ0n) is 21.0. The molecular formula is C27H30N4O5. The minimum absolute atomic E-state index is 0.125. The zero-order chi connectivity index (χ0) is 25.4. The molecule has 3 aromatic rings. The third kappa shape index (κ3) is 4.19. The molecule has 3 amide bonds. The van der Waals surface area contributed by atoms with E-state index >= 15 is 0 Å². The van der Waals surface area contributed by atoms with Crippen molar-refractivity contribution in [2.24, 2.45) is 5.92 Å². The van der Waals surface area contributed by atoms with Crippen molar-refractivity contribution in [2.45, 2.75) is 52.1 Å². The Morgan fingerprint density at radius 2 is 1.81 bits per heavy atom. The molecule has 188 valence electrons.